The van der Waals surface area contributed by atoms with E-state index in [0.29, 0.717) is 40.4 Å². The summed E-state index contributed by atoms with van der Waals surface area (Å²) < 4.78 is 20.0. The monoisotopic (exact) mass is 559 g/mol. The number of hydrazone groups is 1. The Balaban J connectivity index is 1.23. The predicted molar refractivity (Wildman–Crippen MR) is 159 cm³/mol. The van der Waals surface area contributed by atoms with Gasteiger partial charge in [-0.2, -0.15) is 25.4 Å². The Morgan fingerprint density at radius 2 is 1.95 bits per heavy atom. The highest BCUT2D eigenvalue weighted by Crippen LogP contribution is 2.26. The van der Waals surface area contributed by atoms with E-state index in [1.54, 1.807) is 23.4 Å². The highest BCUT2D eigenvalue weighted by molar-refractivity contribution is 6.00. The molecular weight excluding hydrogens is 521 g/mol. The summed E-state index contributed by atoms with van der Waals surface area (Å²) in [6.45, 7) is 12.0. The van der Waals surface area contributed by atoms with Crippen molar-refractivity contribution in [2.45, 2.75) is 40.0 Å². The molecule has 2 aromatic rings. The van der Waals surface area contributed by atoms with E-state index in [1.807, 2.05) is 32.0 Å². The van der Waals surface area contributed by atoms with Crippen LogP contribution < -0.4 is 10.6 Å². The molecule has 0 amide bonds. The van der Waals surface area contributed by atoms with Gasteiger partial charge in [-0.1, -0.05) is 6.92 Å². The smallest absolute Gasteiger partial charge is 0.230 e. The Labute approximate surface area is 240 Å². The van der Waals surface area contributed by atoms with Crippen LogP contribution in [0.5, 0.6) is 0 Å². The first-order chi connectivity index (χ1) is 19.9. The average molecular weight is 560 g/mol. The maximum Gasteiger partial charge on any atom is 0.230 e. The van der Waals surface area contributed by atoms with Crippen molar-refractivity contribution in [1.29, 1.82) is 5.26 Å². The van der Waals surface area contributed by atoms with E-state index in [0.717, 1.165) is 70.6 Å². The number of nitriles is 1. The molecule has 5 rings (SSSR count). The van der Waals surface area contributed by atoms with Crippen LogP contribution in [-0.4, -0.2) is 78.3 Å². The van der Waals surface area contributed by atoms with Crippen LogP contribution >= 0.6 is 0 Å². The second-order valence-corrected chi connectivity index (χ2v) is 10.8. The number of nitrogens with zero attached hydrogens (tertiary/aromatic N) is 8. The molecule has 2 N–H and O–H groups in total. The van der Waals surface area contributed by atoms with Crippen molar-refractivity contribution in [2.24, 2.45) is 26.7 Å². The molecule has 216 valence electrons. The molecule has 41 heavy (non-hydrogen) atoms. The van der Waals surface area contributed by atoms with Gasteiger partial charge in [0.15, 0.2) is 5.82 Å². The van der Waals surface area contributed by atoms with Crippen LogP contribution in [0.3, 0.4) is 0 Å². The molecule has 2 fully saturated rings. The van der Waals surface area contributed by atoms with Gasteiger partial charge in [-0.25, -0.2) is 4.39 Å². The fourth-order valence-electron chi connectivity index (χ4n) is 5.55. The van der Waals surface area contributed by atoms with Crippen molar-refractivity contribution in [3.63, 3.8) is 0 Å². The number of nitrogens with two attached hydrogens (primary N) is 1. The minimum absolute atomic E-state index is 0.289. The Kier molecular flexibility index (Phi) is 8.69. The summed E-state index contributed by atoms with van der Waals surface area (Å²) in [5, 5.41) is 15.3. The van der Waals surface area contributed by atoms with Gasteiger partial charge in [-0.3, -0.25) is 4.90 Å². The number of halogens is 1. The van der Waals surface area contributed by atoms with Crippen molar-refractivity contribution >= 4 is 23.3 Å². The lowest BCUT2D eigenvalue weighted by atomic mass is 9.97. The molecule has 1 atom stereocenters. The number of allylic oxidation sites excluding steroid dienone is 1. The number of hydrogen-bond donors (Lipinski definition) is 1. The number of aliphatic imine (C=N–C) groups is 2. The number of guanidine groups is 2. The van der Waals surface area contributed by atoms with Gasteiger partial charge in [0.1, 0.15) is 17.3 Å². The largest absolute Gasteiger partial charge is 0.463 e. The molecule has 0 saturated carbocycles. The Bertz CT molecular complexity index is 1400. The molecule has 3 aliphatic rings. The lowest BCUT2D eigenvalue weighted by Crippen LogP contribution is -2.51. The summed E-state index contributed by atoms with van der Waals surface area (Å²) in [7, 11) is 0. The molecule has 1 aromatic heterocycles. The van der Waals surface area contributed by atoms with Crippen molar-refractivity contribution in [3.8, 4) is 6.07 Å². The molecular formula is C30H38FN9O. The summed E-state index contributed by atoms with van der Waals surface area (Å²) >= 11 is 0. The van der Waals surface area contributed by atoms with E-state index in [9.17, 15) is 4.39 Å². The first-order valence-corrected chi connectivity index (χ1v) is 14.3. The zero-order valence-electron chi connectivity index (χ0n) is 24.1. The third-order valence-electron chi connectivity index (χ3n) is 7.99. The number of hydrogen-bond acceptors (Lipinski definition) is 10. The number of rotatable bonds is 6. The number of piperazine rings is 1. The van der Waals surface area contributed by atoms with Gasteiger partial charge in [0, 0.05) is 45.8 Å². The van der Waals surface area contributed by atoms with Gasteiger partial charge in [-0.05, 0) is 74.9 Å². The molecule has 2 saturated heterocycles. The second-order valence-electron chi connectivity index (χ2n) is 10.8. The van der Waals surface area contributed by atoms with Crippen molar-refractivity contribution in [1.82, 2.24) is 14.8 Å². The summed E-state index contributed by atoms with van der Waals surface area (Å²) in [6.07, 6.45) is 4.63. The Morgan fingerprint density at radius 3 is 2.63 bits per heavy atom. The SMILES string of the molecule is CC/C(C)=C1/N=C(N2CCCC(CN3CCN(c4ccc(C#N)cc4F)CC3)C2)N=C(N)N1/N=C(\C)c1ccco1. The molecule has 10 nitrogen and oxygen atoms in total. The van der Waals surface area contributed by atoms with E-state index >= 15 is 0 Å². The normalized spacial score (nSPS) is 21.9. The highest BCUT2D eigenvalue weighted by atomic mass is 19.1. The van der Waals surface area contributed by atoms with Crippen LogP contribution in [0.15, 0.2) is 67.5 Å². The molecule has 11 heteroatoms. The van der Waals surface area contributed by atoms with Gasteiger partial charge in [-0.15, -0.1) is 0 Å². The van der Waals surface area contributed by atoms with Gasteiger partial charge >= 0.3 is 0 Å². The van der Waals surface area contributed by atoms with Crippen LogP contribution in [0, 0.1) is 23.1 Å². The molecule has 1 aromatic carbocycles. The van der Waals surface area contributed by atoms with Crippen LogP contribution in [-0.2, 0) is 0 Å². The first kappa shape index (κ1) is 28.4. The fourth-order valence-corrected chi connectivity index (χ4v) is 5.55. The third kappa shape index (κ3) is 6.43. The standard InChI is InChI=1S/C30H38FN9O/c1-4-21(2)28-34-30(35-29(33)40(28)36-22(3)27-8-6-16-41-27)39-11-5-7-24(20-39)19-37-12-14-38(15-13-37)26-10-9-23(18-32)17-25(26)31/h6,8-10,16-17,24H,4-5,7,11-15,19-20H2,1-3H3,(H2,33,34,35)/b28-21-,36-22+. The Morgan fingerprint density at radius 1 is 1.15 bits per heavy atom. The highest BCUT2D eigenvalue weighted by Gasteiger charge is 2.30. The number of furan rings is 1. The van der Waals surface area contributed by atoms with Gasteiger partial charge < -0.3 is 20.0 Å². The molecule has 4 heterocycles. The molecule has 1 unspecified atom stereocenters. The number of likely N-dealkylation sites (tertiary alicyclic amines) is 1. The van der Waals surface area contributed by atoms with Crippen LogP contribution in [0.4, 0.5) is 10.1 Å². The third-order valence-corrected chi connectivity index (χ3v) is 7.99. The van der Waals surface area contributed by atoms with Gasteiger partial charge in [0.05, 0.1) is 23.6 Å². The number of piperidine rings is 1. The minimum Gasteiger partial charge on any atom is -0.463 e. The van der Waals surface area contributed by atoms with Crippen LogP contribution in [0.2, 0.25) is 0 Å². The average Bonchev–Trinajstić information content (AvgIpc) is 3.54. The van der Waals surface area contributed by atoms with Crippen LogP contribution in [0.1, 0.15) is 51.4 Å². The van der Waals surface area contributed by atoms with Crippen molar-refractivity contribution < 1.29 is 8.81 Å². The second kappa shape index (κ2) is 12.6. The maximum absolute atomic E-state index is 14.5. The van der Waals surface area contributed by atoms with Crippen LogP contribution in [0.25, 0.3) is 0 Å². The fraction of sp³-hybridized carbons (Fsp3) is 0.467. The van der Waals surface area contributed by atoms with E-state index < -0.39 is 0 Å². The minimum atomic E-state index is -0.333. The summed E-state index contributed by atoms with van der Waals surface area (Å²) in [6, 6.07) is 10.4. The van der Waals surface area contributed by atoms with E-state index in [4.69, 9.17) is 25.5 Å². The predicted octanol–water partition coefficient (Wildman–Crippen LogP) is 4.18. The number of benzene rings is 1. The molecule has 0 spiro atoms. The topological polar surface area (TPSA) is 113 Å². The molecule has 0 radical (unpaired) electrons. The summed E-state index contributed by atoms with van der Waals surface area (Å²) in [5.74, 6) is 2.44. The molecule has 0 bridgehead atoms. The maximum atomic E-state index is 14.5. The first-order valence-electron chi connectivity index (χ1n) is 14.3. The van der Waals surface area contributed by atoms with Crippen molar-refractivity contribution in [2.75, 3.05) is 50.7 Å². The van der Waals surface area contributed by atoms with E-state index in [2.05, 4.69) is 26.6 Å². The van der Waals surface area contributed by atoms with E-state index in [1.165, 1.54) is 6.07 Å². The zero-order valence-corrected chi connectivity index (χ0v) is 24.1. The summed E-state index contributed by atoms with van der Waals surface area (Å²) in [4.78, 5) is 16.4. The van der Waals surface area contributed by atoms with Gasteiger partial charge in [0.25, 0.3) is 0 Å². The number of anilines is 1. The van der Waals surface area contributed by atoms with E-state index in [-0.39, 0.29) is 11.8 Å². The lowest BCUT2D eigenvalue weighted by Gasteiger charge is -2.40. The Hall–Kier alpha value is -4.17. The zero-order chi connectivity index (χ0) is 28.9. The van der Waals surface area contributed by atoms with Gasteiger partial charge in [0.2, 0.25) is 11.9 Å². The molecule has 0 aliphatic carbocycles. The van der Waals surface area contributed by atoms with Crippen molar-refractivity contribution in [3.05, 3.63) is 65.1 Å². The summed E-state index contributed by atoms with van der Waals surface area (Å²) in [5.41, 5.74) is 9.15. The quantitative estimate of drug-likeness (QED) is 0.529. The molecule has 3 aliphatic heterocycles. The lowest BCUT2D eigenvalue weighted by molar-refractivity contribution is 0.166.